The van der Waals surface area contributed by atoms with Crippen molar-refractivity contribution in [2.75, 3.05) is 24.7 Å². The maximum atomic E-state index is 12.4. The predicted molar refractivity (Wildman–Crippen MR) is 144 cm³/mol. The van der Waals surface area contributed by atoms with Crippen LogP contribution in [0.25, 0.3) is 0 Å². The summed E-state index contributed by atoms with van der Waals surface area (Å²) in [7, 11) is 0. The van der Waals surface area contributed by atoms with Crippen LogP contribution in [-0.2, 0) is 14.4 Å². The van der Waals surface area contributed by atoms with Gasteiger partial charge in [0.05, 0.1) is 11.6 Å². The molecule has 3 unspecified atom stereocenters. The van der Waals surface area contributed by atoms with E-state index in [2.05, 4.69) is 56.9 Å². The smallest absolute Gasteiger partial charge is 0.414 e. The van der Waals surface area contributed by atoms with Crippen molar-refractivity contribution in [2.24, 2.45) is 0 Å². The summed E-state index contributed by atoms with van der Waals surface area (Å²) in [4.78, 5) is 34.9. The van der Waals surface area contributed by atoms with E-state index < -0.39 is 11.9 Å². The van der Waals surface area contributed by atoms with Gasteiger partial charge in [-0.25, -0.2) is 9.59 Å². The molecule has 0 saturated carbocycles. The second-order valence-corrected chi connectivity index (χ2v) is 10.0. The lowest BCUT2D eigenvalue weighted by atomic mass is 9.87. The van der Waals surface area contributed by atoms with Gasteiger partial charge in [0.1, 0.15) is 18.0 Å². The number of piperidine rings is 1. The number of nitrogens with zero attached hydrogens (tertiary/aromatic N) is 2. The van der Waals surface area contributed by atoms with Crippen LogP contribution in [0.1, 0.15) is 24.8 Å². The Balaban J connectivity index is 0.000000618. The van der Waals surface area contributed by atoms with Crippen molar-refractivity contribution in [1.29, 1.82) is 0 Å². The number of likely N-dealkylation sites (tertiary alicyclic amines) is 1. The number of hydrogen-bond donors (Lipinski definition) is 2. The molecule has 2 aliphatic heterocycles. The molecular weight excluding hydrogens is 564 g/mol. The first-order valence-corrected chi connectivity index (χ1v) is 13.2. The summed E-state index contributed by atoms with van der Waals surface area (Å²) >= 11 is 5.15. The van der Waals surface area contributed by atoms with Gasteiger partial charge in [-0.2, -0.15) is 0 Å². The van der Waals surface area contributed by atoms with E-state index in [1.54, 1.807) is 11.8 Å². The number of carbonyl (C=O) groups is 3. The molecule has 2 saturated heterocycles. The van der Waals surface area contributed by atoms with E-state index in [0.29, 0.717) is 11.6 Å². The highest BCUT2D eigenvalue weighted by Crippen LogP contribution is 2.33. The molecule has 2 aromatic rings. The van der Waals surface area contributed by atoms with Crippen LogP contribution in [0.2, 0.25) is 0 Å². The molecule has 4 N–H and O–H groups in total. The second kappa shape index (κ2) is 14.6. The Labute approximate surface area is 228 Å². The molecule has 11 heteroatoms. The van der Waals surface area contributed by atoms with E-state index in [1.165, 1.54) is 5.56 Å². The number of halogens is 1. The Hall–Kier alpha value is -3.04. The van der Waals surface area contributed by atoms with Crippen molar-refractivity contribution in [3.05, 3.63) is 64.6 Å². The number of benzene rings is 2. The maximum absolute atomic E-state index is 12.4. The minimum atomic E-state index is -1.82. The molecule has 2 aromatic carbocycles. The van der Waals surface area contributed by atoms with E-state index in [9.17, 15) is 4.79 Å². The van der Waals surface area contributed by atoms with Gasteiger partial charge in [0.15, 0.2) is 0 Å². The van der Waals surface area contributed by atoms with Crippen LogP contribution in [0.15, 0.2) is 59.1 Å². The van der Waals surface area contributed by atoms with Gasteiger partial charge < -0.3 is 25.3 Å². The molecule has 9 nitrogen and oxygen atoms in total. The summed E-state index contributed by atoms with van der Waals surface area (Å²) in [5.41, 5.74) is 1.26. The molecule has 198 valence electrons. The fourth-order valence-electron chi connectivity index (χ4n) is 4.12. The zero-order valence-electron chi connectivity index (χ0n) is 20.2. The van der Waals surface area contributed by atoms with E-state index in [1.807, 2.05) is 42.2 Å². The quantitative estimate of drug-likeness (QED) is 0.399. The first-order chi connectivity index (χ1) is 17.3. The van der Waals surface area contributed by atoms with Gasteiger partial charge in [-0.3, -0.25) is 9.69 Å². The first-order valence-electron chi connectivity index (χ1n) is 11.3. The van der Waals surface area contributed by atoms with Crippen LogP contribution in [0.5, 0.6) is 5.75 Å². The van der Waals surface area contributed by atoms with Crippen molar-refractivity contribution in [1.82, 2.24) is 9.80 Å². The van der Waals surface area contributed by atoms with Gasteiger partial charge >= 0.3 is 11.9 Å². The third-order valence-electron chi connectivity index (χ3n) is 5.78. The minimum Gasteiger partial charge on any atom is -0.490 e. The van der Waals surface area contributed by atoms with Gasteiger partial charge in [0, 0.05) is 23.5 Å². The molecule has 37 heavy (non-hydrogen) atoms. The van der Waals surface area contributed by atoms with Crippen LogP contribution < -0.4 is 4.74 Å². The summed E-state index contributed by atoms with van der Waals surface area (Å²) in [6.45, 7) is 3.50. The lowest BCUT2D eigenvalue weighted by Gasteiger charge is -2.43. The largest absolute Gasteiger partial charge is 0.490 e. The summed E-state index contributed by atoms with van der Waals surface area (Å²) in [5.74, 6) is 5.21. The van der Waals surface area contributed by atoms with Crippen LogP contribution in [0.4, 0.5) is 0 Å². The van der Waals surface area contributed by atoms with E-state index in [-0.39, 0.29) is 29.6 Å². The summed E-state index contributed by atoms with van der Waals surface area (Å²) in [6, 6.07) is 18.6. The Morgan fingerprint density at radius 2 is 1.76 bits per heavy atom. The minimum absolute atomic E-state index is 0. The zero-order valence-corrected chi connectivity index (χ0v) is 22.6. The number of rotatable bonds is 5. The number of carbonyl (C=O) groups excluding carboxylic acids is 1. The predicted octanol–water partition coefficient (Wildman–Crippen LogP) is 2.90. The number of carboxylic acid groups (broad SMARTS) is 2. The lowest BCUT2D eigenvalue weighted by Crippen LogP contribution is -2.54. The summed E-state index contributed by atoms with van der Waals surface area (Å²) in [5, 5.41) is 14.8. The maximum Gasteiger partial charge on any atom is 0.414 e. The summed E-state index contributed by atoms with van der Waals surface area (Å²) in [6.07, 6.45) is 0.785. The molecule has 2 aliphatic rings. The zero-order chi connectivity index (χ0) is 26.1. The highest BCUT2D eigenvalue weighted by Gasteiger charge is 2.38. The molecule has 0 bridgehead atoms. The molecule has 2 heterocycles. The fourth-order valence-corrected chi connectivity index (χ4v) is 5.29. The van der Waals surface area contributed by atoms with Gasteiger partial charge in [0.2, 0.25) is 5.91 Å². The standard InChI is InChI=1S/C24H25BrN2O2S.C2H2O4.H2O/c1-2-6-23(27-17-30-16-24(27)28)26-14-13-22(29-20-11-9-19(25)10-12-20)21(15-26)18-7-4-3-5-8-18;3-1(4)2(5)6;/h3-5,7-12,21-23H,13-17H2,1H3;(H,3,4)(H,5,6);1H2. The van der Waals surface area contributed by atoms with Crippen molar-refractivity contribution in [2.45, 2.75) is 31.5 Å². The molecule has 0 aliphatic carbocycles. The Kier molecular flexibility index (Phi) is 11.9. The number of thioether (sulfide) groups is 1. The molecule has 1 amide bonds. The highest BCUT2D eigenvalue weighted by atomic mass is 79.9. The Bertz CT molecular complexity index is 1110. The van der Waals surface area contributed by atoms with Gasteiger partial charge in [-0.1, -0.05) is 52.2 Å². The number of amides is 1. The number of hydrogen-bond acceptors (Lipinski definition) is 6. The SMILES string of the molecule is CC#CC(N1CCC(Oc2ccc(Br)cc2)C(c2ccccc2)C1)N1CSCC1=O.O.O=C(O)C(=O)O. The molecule has 3 atom stereocenters. The van der Waals surface area contributed by atoms with Gasteiger partial charge in [-0.05, 0) is 43.2 Å². The fraction of sp³-hybridized carbons (Fsp3) is 0.346. The number of aliphatic carboxylic acids is 2. The monoisotopic (exact) mass is 592 g/mol. The molecule has 4 rings (SSSR count). The van der Waals surface area contributed by atoms with Crippen molar-refractivity contribution < 1.29 is 34.8 Å². The number of ether oxygens (including phenoxy) is 1. The summed E-state index contributed by atoms with van der Waals surface area (Å²) < 4.78 is 7.48. The van der Waals surface area contributed by atoms with Crippen LogP contribution >= 0.6 is 27.7 Å². The molecular formula is C26H29BrN2O7S. The molecule has 0 spiro atoms. The normalized spacial score (nSPS) is 19.8. The molecule has 2 fully saturated rings. The first kappa shape index (κ1) is 30.2. The van der Waals surface area contributed by atoms with Crippen molar-refractivity contribution >= 4 is 45.5 Å². The third kappa shape index (κ3) is 8.50. The molecule has 0 radical (unpaired) electrons. The average molecular weight is 593 g/mol. The second-order valence-electron chi connectivity index (χ2n) is 8.13. The van der Waals surface area contributed by atoms with Crippen molar-refractivity contribution in [3.63, 3.8) is 0 Å². The molecule has 0 aromatic heterocycles. The van der Waals surface area contributed by atoms with Gasteiger partial charge in [-0.15, -0.1) is 17.7 Å². The van der Waals surface area contributed by atoms with Gasteiger partial charge in [0.25, 0.3) is 0 Å². The third-order valence-corrected chi connectivity index (χ3v) is 7.22. The lowest BCUT2D eigenvalue weighted by molar-refractivity contribution is -0.159. The van der Waals surface area contributed by atoms with Crippen LogP contribution in [0.3, 0.4) is 0 Å². The van der Waals surface area contributed by atoms with Crippen molar-refractivity contribution in [3.8, 4) is 17.6 Å². The van der Waals surface area contributed by atoms with E-state index >= 15 is 0 Å². The van der Waals surface area contributed by atoms with Crippen LogP contribution in [0, 0.1) is 11.8 Å². The highest BCUT2D eigenvalue weighted by molar-refractivity contribution is 9.10. The van der Waals surface area contributed by atoms with E-state index in [0.717, 1.165) is 29.7 Å². The number of carboxylic acids is 2. The van der Waals surface area contributed by atoms with E-state index in [4.69, 9.17) is 24.5 Å². The topological polar surface area (TPSA) is 139 Å². The Morgan fingerprint density at radius 1 is 1.11 bits per heavy atom. The van der Waals surface area contributed by atoms with Crippen LogP contribution in [-0.4, -0.2) is 80.3 Å². The average Bonchev–Trinajstić information content (AvgIpc) is 3.30. The Morgan fingerprint density at radius 3 is 2.30 bits per heavy atom.